The Morgan fingerprint density at radius 3 is 2.56 bits per heavy atom. The van der Waals surface area contributed by atoms with Gasteiger partial charge in [0.15, 0.2) is 11.6 Å². The van der Waals surface area contributed by atoms with Crippen molar-refractivity contribution in [1.29, 1.82) is 0 Å². The van der Waals surface area contributed by atoms with Crippen LogP contribution in [0, 0.1) is 11.6 Å². The molecule has 100 valence electrons. The summed E-state index contributed by atoms with van der Waals surface area (Å²) in [5.74, 6) is -1.87. The highest BCUT2D eigenvalue weighted by Gasteiger charge is 2.13. The lowest BCUT2D eigenvalue weighted by atomic mass is 10.1. The van der Waals surface area contributed by atoms with Crippen molar-refractivity contribution in [3.63, 3.8) is 0 Å². The van der Waals surface area contributed by atoms with Crippen LogP contribution in [0.5, 0.6) is 0 Å². The number of rotatable bonds is 6. The zero-order chi connectivity index (χ0) is 13.5. The molecule has 0 saturated heterocycles. The van der Waals surface area contributed by atoms with Gasteiger partial charge in [-0.1, -0.05) is 28.9 Å². The average molecular weight is 320 g/mol. The zero-order valence-electron chi connectivity index (χ0n) is 10.3. The van der Waals surface area contributed by atoms with Crippen molar-refractivity contribution in [3.05, 3.63) is 35.4 Å². The summed E-state index contributed by atoms with van der Waals surface area (Å²) >= 11 is 3.29. The fourth-order valence-electron chi connectivity index (χ4n) is 1.67. The van der Waals surface area contributed by atoms with E-state index in [1.165, 1.54) is 6.07 Å². The lowest BCUT2D eigenvalue weighted by molar-refractivity contribution is -0.130. The molecule has 1 aromatic carbocycles. The number of carbonyl (C=O) groups excluding carboxylic acids is 1. The van der Waals surface area contributed by atoms with E-state index in [1.807, 2.05) is 6.92 Å². The Kier molecular flexibility index (Phi) is 6.25. The number of benzene rings is 1. The van der Waals surface area contributed by atoms with E-state index in [4.69, 9.17) is 0 Å². The SMILES string of the molecule is CCCN(CCBr)C(=O)Cc1ccc(F)c(F)c1. The van der Waals surface area contributed by atoms with Gasteiger partial charge in [-0.15, -0.1) is 0 Å². The molecule has 5 heteroatoms. The standard InChI is InChI=1S/C13H16BrF2NO/c1-2-6-17(7-5-14)13(18)9-10-3-4-11(15)12(16)8-10/h3-4,8H,2,5-7,9H2,1H3. The third kappa shape index (κ3) is 4.37. The Morgan fingerprint density at radius 2 is 2.00 bits per heavy atom. The minimum atomic E-state index is -0.914. The largest absolute Gasteiger partial charge is 0.342 e. The summed E-state index contributed by atoms with van der Waals surface area (Å²) in [7, 11) is 0. The summed E-state index contributed by atoms with van der Waals surface area (Å²) in [6.45, 7) is 3.29. The van der Waals surface area contributed by atoms with E-state index < -0.39 is 11.6 Å². The second-order valence-corrected chi connectivity index (χ2v) is 4.79. The Balaban J connectivity index is 2.69. The highest BCUT2D eigenvalue weighted by atomic mass is 79.9. The number of hydrogen-bond acceptors (Lipinski definition) is 1. The van der Waals surface area contributed by atoms with Crippen LogP contribution in [0.1, 0.15) is 18.9 Å². The normalized spacial score (nSPS) is 10.4. The third-order valence-corrected chi connectivity index (χ3v) is 2.89. The van der Waals surface area contributed by atoms with E-state index in [0.717, 1.165) is 18.6 Å². The summed E-state index contributed by atoms with van der Waals surface area (Å²) in [6, 6.07) is 3.56. The van der Waals surface area contributed by atoms with Crippen LogP contribution in [0.3, 0.4) is 0 Å². The predicted molar refractivity (Wildman–Crippen MR) is 70.7 cm³/mol. The molecule has 1 aromatic rings. The summed E-state index contributed by atoms with van der Waals surface area (Å²) in [4.78, 5) is 13.7. The van der Waals surface area contributed by atoms with Crippen molar-refractivity contribution in [2.75, 3.05) is 18.4 Å². The van der Waals surface area contributed by atoms with Crippen molar-refractivity contribution in [2.24, 2.45) is 0 Å². The summed E-state index contributed by atoms with van der Waals surface area (Å²) in [5.41, 5.74) is 0.495. The first kappa shape index (κ1) is 15.1. The van der Waals surface area contributed by atoms with E-state index in [-0.39, 0.29) is 12.3 Å². The predicted octanol–water partition coefficient (Wildman–Crippen LogP) is 3.14. The van der Waals surface area contributed by atoms with Gasteiger partial charge in [0.05, 0.1) is 6.42 Å². The molecule has 0 unspecified atom stereocenters. The molecule has 2 nitrogen and oxygen atoms in total. The van der Waals surface area contributed by atoms with Crippen molar-refractivity contribution in [1.82, 2.24) is 4.90 Å². The first-order valence-electron chi connectivity index (χ1n) is 5.86. The number of alkyl halides is 1. The highest BCUT2D eigenvalue weighted by molar-refractivity contribution is 9.09. The zero-order valence-corrected chi connectivity index (χ0v) is 11.8. The maximum Gasteiger partial charge on any atom is 0.227 e. The number of amides is 1. The molecule has 0 fully saturated rings. The van der Waals surface area contributed by atoms with Crippen LogP contribution in [0.4, 0.5) is 8.78 Å². The highest BCUT2D eigenvalue weighted by Crippen LogP contribution is 2.10. The molecule has 0 saturated carbocycles. The summed E-state index contributed by atoms with van der Waals surface area (Å²) in [5, 5.41) is 0.705. The van der Waals surface area contributed by atoms with Crippen molar-refractivity contribution in [2.45, 2.75) is 19.8 Å². The van der Waals surface area contributed by atoms with E-state index in [0.29, 0.717) is 24.0 Å². The fraction of sp³-hybridized carbons (Fsp3) is 0.462. The van der Waals surface area contributed by atoms with E-state index in [9.17, 15) is 13.6 Å². The van der Waals surface area contributed by atoms with Crippen LogP contribution < -0.4 is 0 Å². The maximum atomic E-state index is 13.0. The molecule has 0 atom stereocenters. The molecule has 0 spiro atoms. The molecule has 18 heavy (non-hydrogen) atoms. The molecular weight excluding hydrogens is 304 g/mol. The maximum absolute atomic E-state index is 13.0. The van der Waals surface area contributed by atoms with E-state index >= 15 is 0 Å². The molecule has 0 aliphatic rings. The van der Waals surface area contributed by atoms with Gasteiger partial charge in [-0.05, 0) is 24.1 Å². The quantitative estimate of drug-likeness (QED) is 0.738. The molecule has 0 heterocycles. The smallest absolute Gasteiger partial charge is 0.227 e. The van der Waals surface area contributed by atoms with Gasteiger partial charge in [0, 0.05) is 18.4 Å². The topological polar surface area (TPSA) is 20.3 Å². The first-order chi connectivity index (χ1) is 8.58. The second kappa shape index (κ2) is 7.46. The third-order valence-electron chi connectivity index (χ3n) is 2.54. The molecule has 0 N–H and O–H groups in total. The molecule has 1 amide bonds. The number of halogens is 3. The van der Waals surface area contributed by atoms with E-state index in [1.54, 1.807) is 4.90 Å². The van der Waals surface area contributed by atoms with Gasteiger partial charge in [-0.25, -0.2) is 8.78 Å². The Hall–Kier alpha value is -0.970. The lowest BCUT2D eigenvalue weighted by Crippen LogP contribution is -2.34. The van der Waals surface area contributed by atoms with Gasteiger partial charge in [-0.2, -0.15) is 0 Å². The van der Waals surface area contributed by atoms with E-state index in [2.05, 4.69) is 15.9 Å². The van der Waals surface area contributed by atoms with Gasteiger partial charge in [0.1, 0.15) is 0 Å². The summed E-state index contributed by atoms with van der Waals surface area (Å²) < 4.78 is 25.8. The van der Waals surface area contributed by atoms with Gasteiger partial charge in [0.25, 0.3) is 0 Å². The van der Waals surface area contributed by atoms with Crippen LogP contribution >= 0.6 is 15.9 Å². The number of carbonyl (C=O) groups is 1. The van der Waals surface area contributed by atoms with Crippen molar-refractivity contribution in [3.8, 4) is 0 Å². The Morgan fingerprint density at radius 1 is 1.28 bits per heavy atom. The Labute approximate surface area is 114 Å². The lowest BCUT2D eigenvalue weighted by Gasteiger charge is -2.21. The molecular formula is C13H16BrF2NO. The van der Waals surface area contributed by atoms with Gasteiger partial charge < -0.3 is 4.90 Å². The molecule has 0 aliphatic carbocycles. The van der Waals surface area contributed by atoms with Crippen LogP contribution in [0.25, 0.3) is 0 Å². The average Bonchev–Trinajstić information content (AvgIpc) is 2.33. The number of hydrogen-bond donors (Lipinski definition) is 0. The van der Waals surface area contributed by atoms with Crippen LogP contribution in [-0.4, -0.2) is 29.2 Å². The molecule has 0 aromatic heterocycles. The minimum absolute atomic E-state index is 0.0673. The van der Waals surface area contributed by atoms with Crippen molar-refractivity contribution >= 4 is 21.8 Å². The second-order valence-electron chi connectivity index (χ2n) is 4.00. The van der Waals surface area contributed by atoms with Gasteiger partial charge in [-0.3, -0.25) is 4.79 Å². The van der Waals surface area contributed by atoms with Crippen molar-refractivity contribution < 1.29 is 13.6 Å². The molecule has 1 rings (SSSR count). The van der Waals surface area contributed by atoms with Crippen LogP contribution in [0.15, 0.2) is 18.2 Å². The Bertz CT molecular complexity index is 406. The molecule has 0 aliphatic heterocycles. The van der Waals surface area contributed by atoms with Crippen LogP contribution in [-0.2, 0) is 11.2 Å². The minimum Gasteiger partial charge on any atom is -0.342 e. The monoisotopic (exact) mass is 319 g/mol. The van der Waals surface area contributed by atoms with Crippen LogP contribution in [0.2, 0.25) is 0 Å². The summed E-state index contributed by atoms with van der Waals surface area (Å²) in [6.07, 6.45) is 0.973. The molecule has 0 radical (unpaired) electrons. The van der Waals surface area contributed by atoms with Gasteiger partial charge in [0.2, 0.25) is 5.91 Å². The number of nitrogens with zero attached hydrogens (tertiary/aromatic N) is 1. The van der Waals surface area contributed by atoms with Gasteiger partial charge >= 0.3 is 0 Å². The fourth-order valence-corrected chi connectivity index (χ4v) is 2.10. The molecule has 0 bridgehead atoms. The first-order valence-corrected chi connectivity index (χ1v) is 6.98.